The van der Waals surface area contributed by atoms with Crippen LogP contribution in [0.3, 0.4) is 0 Å². The van der Waals surface area contributed by atoms with Crippen molar-refractivity contribution in [1.82, 2.24) is 8.96 Å². The summed E-state index contributed by atoms with van der Waals surface area (Å²) < 4.78 is 35.6. The fraction of sp³-hybridized carbons (Fsp3) is 0.0857. The minimum absolute atomic E-state index is 0.0837. The van der Waals surface area contributed by atoms with Crippen LogP contribution in [0.25, 0.3) is 22.2 Å². The summed E-state index contributed by atoms with van der Waals surface area (Å²) >= 11 is 0. The third-order valence-corrected chi connectivity index (χ3v) is 9.16. The minimum atomic E-state index is -4.23. The molecule has 0 unspecified atom stereocenters. The van der Waals surface area contributed by atoms with Crippen LogP contribution >= 0.6 is 0 Å². The number of esters is 1. The summed E-state index contributed by atoms with van der Waals surface area (Å²) in [6.07, 6.45) is 1.45. The molecular weight excluding hydrogens is 572 g/mol. The lowest BCUT2D eigenvalue weighted by Crippen LogP contribution is -2.25. The summed E-state index contributed by atoms with van der Waals surface area (Å²) in [5.41, 5.74) is 10.0. The molecule has 44 heavy (non-hydrogen) atoms. The second-order valence-electron chi connectivity index (χ2n) is 10.3. The molecule has 220 valence electrons. The number of methoxy groups -OCH3 is 1. The van der Waals surface area contributed by atoms with Crippen LogP contribution in [0.15, 0.2) is 132 Å². The van der Waals surface area contributed by atoms with Crippen LogP contribution < -0.4 is 10.6 Å². The topological polar surface area (TPSA) is 108 Å². The second kappa shape index (κ2) is 12.1. The summed E-state index contributed by atoms with van der Waals surface area (Å²) in [6, 6.07) is 36.7. The highest BCUT2D eigenvalue weighted by Gasteiger charge is 2.31. The summed E-state index contributed by atoms with van der Waals surface area (Å²) in [6.45, 7) is 0.851. The van der Waals surface area contributed by atoms with Gasteiger partial charge in [0, 0.05) is 35.9 Å². The van der Waals surface area contributed by atoms with E-state index in [1.807, 2.05) is 65.6 Å². The van der Waals surface area contributed by atoms with Crippen LogP contribution in [0.2, 0.25) is 0 Å². The highest BCUT2D eigenvalue weighted by Crippen LogP contribution is 2.40. The predicted octanol–water partition coefficient (Wildman–Crippen LogP) is 6.52. The van der Waals surface area contributed by atoms with Crippen molar-refractivity contribution >= 4 is 38.4 Å². The van der Waals surface area contributed by atoms with E-state index >= 15 is 0 Å². The molecule has 0 atom stereocenters. The molecule has 9 heteroatoms. The molecule has 6 rings (SSSR count). The summed E-state index contributed by atoms with van der Waals surface area (Å²) in [4.78, 5) is 20.0. The molecule has 6 aromatic rings. The van der Waals surface area contributed by atoms with Crippen LogP contribution in [0, 0.1) is 0 Å². The van der Waals surface area contributed by atoms with Gasteiger partial charge in [-0.3, -0.25) is 0 Å². The van der Waals surface area contributed by atoms with Crippen LogP contribution in [-0.4, -0.2) is 30.5 Å². The molecule has 0 bridgehead atoms. The second-order valence-corrected chi connectivity index (χ2v) is 12.1. The molecule has 2 heterocycles. The number of aromatic nitrogens is 2. The Kier molecular flexibility index (Phi) is 7.87. The van der Waals surface area contributed by atoms with E-state index < -0.39 is 16.0 Å². The summed E-state index contributed by atoms with van der Waals surface area (Å²) in [7, 11) is -2.94. The van der Waals surface area contributed by atoms with Crippen molar-refractivity contribution < 1.29 is 17.9 Å². The Morgan fingerprint density at radius 1 is 0.818 bits per heavy atom. The minimum Gasteiger partial charge on any atom is -0.465 e. The number of anilines is 2. The maximum Gasteiger partial charge on any atom is 0.340 e. The van der Waals surface area contributed by atoms with Gasteiger partial charge in [0.05, 0.1) is 23.3 Å². The van der Waals surface area contributed by atoms with Gasteiger partial charge in [-0.25, -0.2) is 22.2 Å². The maximum absolute atomic E-state index is 14.6. The number of carbonyl (C=O) groups is 1. The Labute approximate surface area is 256 Å². The molecule has 0 aliphatic heterocycles. The molecule has 0 radical (unpaired) electrons. The first-order valence-corrected chi connectivity index (χ1v) is 15.4. The number of pyridine rings is 1. The Balaban J connectivity index is 1.72. The largest absolute Gasteiger partial charge is 0.465 e. The highest BCUT2D eigenvalue weighted by atomic mass is 32.2. The van der Waals surface area contributed by atoms with E-state index in [-0.39, 0.29) is 16.0 Å². The van der Waals surface area contributed by atoms with Gasteiger partial charge in [-0.2, -0.15) is 0 Å². The first-order valence-electron chi connectivity index (χ1n) is 14.0. The number of benzene rings is 4. The van der Waals surface area contributed by atoms with E-state index in [9.17, 15) is 13.2 Å². The Morgan fingerprint density at radius 3 is 1.93 bits per heavy atom. The first-order chi connectivity index (χ1) is 21.4. The molecule has 0 aliphatic carbocycles. The van der Waals surface area contributed by atoms with Crippen LogP contribution in [0.1, 0.15) is 21.5 Å². The zero-order valence-electron chi connectivity index (χ0n) is 24.0. The Morgan fingerprint density at radius 2 is 1.36 bits per heavy atom. The number of ether oxygens (including phenoxy) is 1. The van der Waals surface area contributed by atoms with E-state index in [1.54, 1.807) is 60.7 Å². The third kappa shape index (κ3) is 5.41. The van der Waals surface area contributed by atoms with E-state index in [0.29, 0.717) is 41.2 Å². The van der Waals surface area contributed by atoms with Crippen molar-refractivity contribution in [2.45, 2.75) is 18.0 Å². The molecule has 0 amide bonds. The number of nitrogen functional groups attached to an aromatic ring is 1. The van der Waals surface area contributed by atoms with E-state index in [0.717, 1.165) is 11.1 Å². The van der Waals surface area contributed by atoms with Gasteiger partial charge >= 0.3 is 5.97 Å². The molecular formula is C35H30N4O4S. The molecule has 2 N–H and O–H groups in total. The molecule has 8 nitrogen and oxygen atoms in total. The molecule has 0 saturated heterocycles. The van der Waals surface area contributed by atoms with Crippen molar-refractivity contribution in [3.63, 3.8) is 0 Å². The van der Waals surface area contributed by atoms with Crippen molar-refractivity contribution in [2.24, 2.45) is 0 Å². The lowest BCUT2D eigenvalue weighted by Gasteiger charge is -2.26. The zero-order valence-corrected chi connectivity index (χ0v) is 24.8. The number of hydrogen-bond donors (Lipinski definition) is 1. The quantitative estimate of drug-likeness (QED) is 0.148. The number of nitrogens with two attached hydrogens (primary N) is 1. The van der Waals surface area contributed by atoms with Gasteiger partial charge in [0.15, 0.2) is 5.82 Å². The van der Waals surface area contributed by atoms with E-state index in [2.05, 4.69) is 0 Å². The van der Waals surface area contributed by atoms with Crippen LogP contribution in [-0.2, 0) is 27.8 Å². The number of para-hydroxylation sites is 1. The summed E-state index contributed by atoms with van der Waals surface area (Å²) in [5.74, 6) is -0.242. The zero-order chi connectivity index (χ0) is 30.7. The van der Waals surface area contributed by atoms with Gasteiger partial charge in [-0.1, -0.05) is 97.1 Å². The van der Waals surface area contributed by atoms with Crippen molar-refractivity contribution in [3.05, 3.63) is 144 Å². The predicted molar refractivity (Wildman–Crippen MR) is 173 cm³/mol. The van der Waals surface area contributed by atoms with E-state index in [1.165, 1.54) is 17.3 Å². The van der Waals surface area contributed by atoms with E-state index in [4.69, 9.17) is 15.5 Å². The molecule has 2 aromatic heterocycles. The van der Waals surface area contributed by atoms with Crippen molar-refractivity contribution in [3.8, 4) is 11.3 Å². The number of nitrogens with zero attached hydrogens (tertiary/aromatic N) is 3. The van der Waals surface area contributed by atoms with Crippen LogP contribution in [0.4, 0.5) is 11.5 Å². The monoisotopic (exact) mass is 602 g/mol. The standard InChI is InChI=1S/C35H30N4O4S/c1-43-35(40)30-22-37-34(38(23-25-13-5-2-6-14-25)24-26-15-7-3-8-16-26)33-29(30)21-32(28-19-11-12-20-31(28)36)39(33)44(41,42)27-17-9-4-10-18-27/h2-22H,23-24,36H2,1H3. The van der Waals surface area contributed by atoms with Gasteiger partial charge in [0.1, 0.15) is 5.52 Å². The Hall–Kier alpha value is -5.41. The van der Waals surface area contributed by atoms with Gasteiger partial charge in [0.2, 0.25) is 0 Å². The van der Waals surface area contributed by atoms with Crippen molar-refractivity contribution in [1.29, 1.82) is 0 Å². The fourth-order valence-corrected chi connectivity index (χ4v) is 6.89. The third-order valence-electron chi connectivity index (χ3n) is 7.43. The first kappa shape index (κ1) is 28.7. The average molecular weight is 603 g/mol. The smallest absolute Gasteiger partial charge is 0.340 e. The lowest BCUT2D eigenvalue weighted by atomic mass is 10.1. The molecule has 4 aromatic carbocycles. The van der Waals surface area contributed by atoms with Crippen LogP contribution in [0.5, 0.6) is 0 Å². The number of hydrogen-bond acceptors (Lipinski definition) is 7. The lowest BCUT2D eigenvalue weighted by molar-refractivity contribution is 0.0602. The maximum atomic E-state index is 14.6. The van der Waals surface area contributed by atoms with Gasteiger partial charge in [-0.15, -0.1) is 0 Å². The number of carbonyl (C=O) groups excluding carboxylic acids is 1. The molecule has 0 aliphatic rings. The average Bonchev–Trinajstić information content (AvgIpc) is 3.47. The summed E-state index contributed by atoms with van der Waals surface area (Å²) in [5, 5.41) is 0.380. The SMILES string of the molecule is COC(=O)c1cnc(N(Cc2ccccc2)Cc2ccccc2)c2c1cc(-c1ccccc1N)n2S(=O)(=O)c1ccccc1. The molecule has 0 spiro atoms. The van der Waals surface area contributed by atoms with Gasteiger partial charge < -0.3 is 15.4 Å². The number of fused-ring (bicyclic) bond motifs is 1. The molecule has 0 fully saturated rings. The molecule has 0 saturated carbocycles. The Bertz CT molecular complexity index is 2000. The number of rotatable bonds is 9. The highest BCUT2D eigenvalue weighted by molar-refractivity contribution is 7.90. The van der Waals surface area contributed by atoms with Gasteiger partial charge in [0.25, 0.3) is 10.0 Å². The fourth-order valence-electron chi connectivity index (χ4n) is 5.35. The normalized spacial score (nSPS) is 11.4. The van der Waals surface area contributed by atoms with Crippen molar-refractivity contribution in [2.75, 3.05) is 17.7 Å². The van der Waals surface area contributed by atoms with Gasteiger partial charge in [-0.05, 0) is 35.4 Å².